The van der Waals surface area contributed by atoms with Gasteiger partial charge in [0.2, 0.25) is 5.95 Å². The van der Waals surface area contributed by atoms with Gasteiger partial charge in [0, 0.05) is 26.2 Å². The minimum Gasteiger partial charge on any atom is -0.497 e. The first kappa shape index (κ1) is 22.8. The van der Waals surface area contributed by atoms with Gasteiger partial charge in [-0.1, -0.05) is 36.8 Å². The molecule has 2 aromatic heterocycles. The van der Waals surface area contributed by atoms with Gasteiger partial charge in [-0.25, -0.2) is 4.79 Å². The van der Waals surface area contributed by atoms with Gasteiger partial charge in [0.25, 0.3) is 5.56 Å². The summed E-state index contributed by atoms with van der Waals surface area (Å²) in [7, 11) is 4.89. The van der Waals surface area contributed by atoms with Crippen molar-refractivity contribution < 1.29 is 9.47 Å². The molecule has 35 heavy (non-hydrogen) atoms. The third kappa shape index (κ3) is 3.77. The van der Waals surface area contributed by atoms with Gasteiger partial charge in [-0.2, -0.15) is 4.98 Å². The third-order valence-corrected chi connectivity index (χ3v) is 6.54. The number of fused-ring (bicyclic) bond motifs is 3. The van der Waals surface area contributed by atoms with Gasteiger partial charge in [-0.3, -0.25) is 13.9 Å². The second kappa shape index (κ2) is 8.65. The monoisotopic (exact) mass is 475 g/mol. The molecule has 0 amide bonds. The Morgan fingerprint density at radius 1 is 1.06 bits per heavy atom. The molecular weight excluding hydrogens is 446 g/mol. The van der Waals surface area contributed by atoms with Crippen molar-refractivity contribution in [3.05, 3.63) is 74.4 Å². The highest BCUT2D eigenvalue weighted by Crippen LogP contribution is 2.39. The number of rotatable bonds is 5. The van der Waals surface area contributed by atoms with Gasteiger partial charge in [-0.05, 0) is 30.5 Å². The highest BCUT2D eigenvalue weighted by atomic mass is 16.5. The molecule has 0 saturated carbocycles. The number of benzene rings is 2. The number of aromatic nitrogens is 4. The molecule has 0 saturated heterocycles. The molecule has 0 N–H and O–H groups in total. The number of ether oxygens (including phenoxy) is 2. The van der Waals surface area contributed by atoms with E-state index < -0.39 is 0 Å². The molecule has 0 aliphatic carbocycles. The summed E-state index contributed by atoms with van der Waals surface area (Å²) >= 11 is 0. The second-order valence-corrected chi connectivity index (χ2v) is 9.17. The number of anilines is 2. The van der Waals surface area contributed by atoms with E-state index in [4.69, 9.17) is 14.5 Å². The molecule has 1 aliphatic rings. The molecule has 0 bridgehead atoms. The van der Waals surface area contributed by atoms with Crippen molar-refractivity contribution in [2.75, 3.05) is 25.7 Å². The minimum absolute atomic E-state index is 0.204. The summed E-state index contributed by atoms with van der Waals surface area (Å²) in [6.07, 6.45) is 0. The maximum Gasteiger partial charge on any atom is 0.332 e. The summed E-state index contributed by atoms with van der Waals surface area (Å²) in [6.45, 7) is 5.64. The van der Waals surface area contributed by atoms with E-state index in [2.05, 4.69) is 6.92 Å². The second-order valence-electron chi connectivity index (χ2n) is 9.17. The standard InChI is InChI=1S/C26H29N5O4/c1-16-7-6-8-18(11-16)15-31-24(32)22-23(28(3)26(31)33)27-25-29(13-17(2)14-30(22)25)20-10-9-19(34-4)12-21(20)35-5/h6-12,17H,13-15H2,1-5H3/t17-/m1/s1. The van der Waals surface area contributed by atoms with Crippen molar-refractivity contribution in [3.8, 4) is 11.5 Å². The van der Waals surface area contributed by atoms with Gasteiger partial charge >= 0.3 is 5.69 Å². The van der Waals surface area contributed by atoms with Gasteiger partial charge < -0.3 is 18.9 Å². The third-order valence-electron chi connectivity index (χ3n) is 6.54. The summed E-state index contributed by atoms with van der Waals surface area (Å²) in [5.74, 6) is 2.17. The fourth-order valence-electron chi connectivity index (χ4n) is 4.85. The van der Waals surface area contributed by atoms with Crippen LogP contribution in [-0.2, 0) is 20.1 Å². The molecule has 4 aromatic rings. The Hall–Kier alpha value is -4.01. The van der Waals surface area contributed by atoms with E-state index >= 15 is 0 Å². The van der Waals surface area contributed by atoms with Gasteiger partial charge in [0.15, 0.2) is 11.2 Å². The first-order chi connectivity index (χ1) is 16.8. The molecule has 5 rings (SSSR count). The van der Waals surface area contributed by atoms with Crippen molar-refractivity contribution in [2.45, 2.75) is 26.9 Å². The van der Waals surface area contributed by atoms with E-state index in [-0.39, 0.29) is 23.7 Å². The number of aryl methyl sites for hydroxylation is 2. The van der Waals surface area contributed by atoms with Crippen LogP contribution in [0.15, 0.2) is 52.1 Å². The molecule has 0 fully saturated rings. The lowest BCUT2D eigenvalue weighted by atomic mass is 10.1. The average Bonchev–Trinajstić information content (AvgIpc) is 3.24. The average molecular weight is 476 g/mol. The summed E-state index contributed by atoms with van der Waals surface area (Å²) < 4.78 is 15.7. The van der Waals surface area contributed by atoms with Crippen LogP contribution in [0.4, 0.5) is 11.6 Å². The molecule has 182 valence electrons. The zero-order valence-corrected chi connectivity index (χ0v) is 20.6. The normalized spacial score (nSPS) is 15.3. The molecule has 9 nitrogen and oxygen atoms in total. The molecule has 0 spiro atoms. The zero-order valence-electron chi connectivity index (χ0n) is 20.6. The van der Waals surface area contributed by atoms with E-state index in [0.717, 1.165) is 16.8 Å². The van der Waals surface area contributed by atoms with Crippen LogP contribution in [0.2, 0.25) is 0 Å². The smallest absolute Gasteiger partial charge is 0.332 e. The lowest BCUT2D eigenvalue weighted by Crippen LogP contribution is -2.40. The molecule has 2 aromatic carbocycles. The van der Waals surface area contributed by atoms with Crippen LogP contribution in [0.3, 0.4) is 0 Å². The summed E-state index contributed by atoms with van der Waals surface area (Å²) in [4.78, 5) is 33.8. The molecule has 0 radical (unpaired) electrons. The Morgan fingerprint density at radius 3 is 2.57 bits per heavy atom. The zero-order chi connectivity index (χ0) is 24.9. The van der Waals surface area contributed by atoms with Crippen LogP contribution in [0.25, 0.3) is 11.2 Å². The summed E-state index contributed by atoms with van der Waals surface area (Å²) in [5, 5.41) is 0. The van der Waals surface area contributed by atoms with E-state index in [1.54, 1.807) is 21.3 Å². The van der Waals surface area contributed by atoms with Crippen molar-refractivity contribution in [2.24, 2.45) is 13.0 Å². The largest absolute Gasteiger partial charge is 0.497 e. The molecule has 0 unspecified atom stereocenters. The van der Waals surface area contributed by atoms with E-state index in [1.807, 2.05) is 58.9 Å². The number of hydrogen-bond acceptors (Lipinski definition) is 6. The summed E-state index contributed by atoms with van der Waals surface area (Å²) in [6, 6.07) is 13.5. The minimum atomic E-state index is -0.388. The van der Waals surface area contributed by atoms with Crippen LogP contribution in [0.1, 0.15) is 18.1 Å². The Kier molecular flexibility index (Phi) is 5.62. The molecule has 3 heterocycles. The van der Waals surface area contributed by atoms with Gasteiger partial charge in [0.05, 0.1) is 26.5 Å². The first-order valence-electron chi connectivity index (χ1n) is 11.6. The Balaban J connectivity index is 1.71. The fraction of sp³-hybridized carbons (Fsp3) is 0.346. The van der Waals surface area contributed by atoms with Gasteiger partial charge in [-0.15, -0.1) is 0 Å². The van der Waals surface area contributed by atoms with Crippen molar-refractivity contribution in [1.29, 1.82) is 0 Å². The number of nitrogens with zero attached hydrogens (tertiary/aromatic N) is 5. The fourth-order valence-corrected chi connectivity index (χ4v) is 4.85. The van der Waals surface area contributed by atoms with E-state index in [9.17, 15) is 9.59 Å². The molecule has 1 atom stereocenters. The van der Waals surface area contributed by atoms with Crippen molar-refractivity contribution in [3.63, 3.8) is 0 Å². The lowest BCUT2D eigenvalue weighted by Gasteiger charge is -2.33. The highest BCUT2D eigenvalue weighted by molar-refractivity contribution is 5.78. The van der Waals surface area contributed by atoms with Crippen LogP contribution in [-0.4, -0.2) is 39.4 Å². The maximum absolute atomic E-state index is 13.7. The van der Waals surface area contributed by atoms with Crippen LogP contribution in [0, 0.1) is 12.8 Å². The van der Waals surface area contributed by atoms with Crippen LogP contribution in [0.5, 0.6) is 11.5 Å². The van der Waals surface area contributed by atoms with E-state index in [1.165, 1.54) is 9.13 Å². The topological polar surface area (TPSA) is 83.5 Å². The van der Waals surface area contributed by atoms with Gasteiger partial charge in [0.1, 0.15) is 11.5 Å². The maximum atomic E-state index is 13.7. The van der Waals surface area contributed by atoms with Crippen LogP contribution >= 0.6 is 0 Å². The van der Waals surface area contributed by atoms with E-state index in [0.29, 0.717) is 41.7 Å². The van der Waals surface area contributed by atoms with Crippen molar-refractivity contribution >= 4 is 22.8 Å². The quantitative estimate of drug-likeness (QED) is 0.441. The highest BCUT2D eigenvalue weighted by Gasteiger charge is 2.31. The molecule has 9 heteroatoms. The SMILES string of the molecule is COc1ccc(N2C[C@@H](C)Cn3c2nc2c3c(=O)n(Cc3cccc(C)c3)c(=O)n2C)c(OC)c1. The first-order valence-corrected chi connectivity index (χ1v) is 11.6. The number of imidazole rings is 1. The predicted molar refractivity (Wildman–Crippen MR) is 135 cm³/mol. The molecular formula is C26H29N5O4. The number of hydrogen-bond donors (Lipinski definition) is 0. The predicted octanol–water partition coefficient (Wildman–Crippen LogP) is 3.06. The van der Waals surface area contributed by atoms with Crippen molar-refractivity contribution in [1.82, 2.24) is 18.7 Å². The molecule has 1 aliphatic heterocycles. The summed E-state index contributed by atoms with van der Waals surface area (Å²) in [5.41, 5.74) is 2.88. The Morgan fingerprint density at radius 2 is 1.86 bits per heavy atom. The number of methoxy groups -OCH3 is 2. The van der Waals surface area contributed by atoms with Crippen LogP contribution < -0.4 is 25.6 Å². The Bertz CT molecular complexity index is 1550. The Labute approximate surface area is 202 Å². The lowest BCUT2D eigenvalue weighted by molar-refractivity contribution is 0.392.